The van der Waals surface area contributed by atoms with Crippen molar-refractivity contribution in [3.8, 4) is 0 Å². The summed E-state index contributed by atoms with van der Waals surface area (Å²) in [6.45, 7) is 3.04. The summed E-state index contributed by atoms with van der Waals surface area (Å²) in [6, 6.07) is 1.62. The van der Waals surface area contributed by atoms with Crippen LogP contribution in [-0.4, -0.2) is 53.6 Å². The van der Waals surface area contributed by atoms with Crippen LogP contribution in [0.5, 0.6) is 0 Å². The number of rotatable bonds is 4. The molecule has 1 saturated heterocycles. The summed E-state index contributed by atoms with van der Waals surface area (Å²) in [5, 5.41) is 2.99. The maximum atomic E-state index is 11.9. The fourth-order valence-corrected chi connectivity index (χ4v) is 2.17. The highest BCUT2D eigenvalue weighted by atomic mass is 79.9. The lowest BCUT2D eigenvalue weighted by atomic mass is 10.3. The molecule has 0 unspecified atom stereocenters. The number of carbonyl (C=O) groups is 1. The number of aromatic nitrogens is 2. The summed E-state index contributed by atoms with van der Waals surface area (Å²) in [5.74, 6) is 0.907. The molecule has 1 aromatic rings. The molecule has 104 valence electrons. The first-order valence-corrected chi connectivity index (χ1v) is 6.84. The fourth-order valence-electron chi connectivity index (χ4n) is 1.77. The molecule has 2 heterocycles. The Bertz CT molecular complexity index is 430. The number of carbonyl (C=O) groups excluding carboxylic acids is 1. The van der Waals surface area contributed by atoms with Crippen molar-refractivity contribution in [2.75, 3.05) is 43.9 Å². The van der Waals surface area contributed by atoms with Gasteiger partial charge >= 0.3 is 0 Å². The van der Waals surface area contributed by atoms with Crippen LogP contribution >= 0.6 is 15.9 Å². The second-order valence-electron chi connectivity index (χ2n) is 4.11. The van der Waals surface area contributed by atoms with Crippen molar-refractivity contribution >= 4 is 33.6 Å². The van der Waals surface area contributed by atoms with Gasteiger partial charge in [0, 0.05) is 32.1 Å². The highest BCUT2D eigenvalue weighted by Crippen LogP contribution is 2.12. The van der Waals surface area contributed by atoms with Gasteiger partial charge in [-0.25, -0.2) is 4.98 Å². The van der Waals surface area contributed by atoms with Gasteiger partial charge in [0.05, 0.1) is 13.2 Å². The van der Waals surface area contributed by atoms with Crippen LogP contribution in [0.4, 0.5) is 11.8 Å². The van der Waals surface area contributed by atoms with Crippen molar-refractivity contribution in [1.82, 2.24) is 14.9 Å². The first kappa shape index (κ1) is 14.0. The zero-order valence-corrected chi connectivity index (χ0v) is 12.0. The molecule has 19 heavy (non-hydrogen) atoms. The molecule has 3 N–H and O–H groups in total. The molecule has 0 aromatic carbocycles. The Labute approximate surface area is 119 Å². The maximum Gasteiger partial charge on any atom is 0.225 e. The standard InChI is InChI=1S/C11H16BrN5O2/c12-8-7-9(13)16-11(15-8)14-2-1-10(18)17-3-5-19-6-4-17/h7H,1-6H2,(H3,13,14,15,16). The highest BCUT2D eigenvalue weighted by Gasteiger charge is 2.16. The summed E-state index contributed by atoms with van der Waals surface area (Å²) >= 11 is 3.24. The third-order valence-electron chi connectivity index (χ3n) is 2.70. The number of hydrogen-bond acceptors (Lipinski definition) is 6. The van der Waals surface area contributed by atoms with Crippen molar-refractivity contribution in [1.29, 1.82) is 0 Å². The van der Waals surface area contributed by atoms with Crippen LogP contribution in [0.15, 0.2) is 10.7 Å². The van der Waals surface area contributed by atoms with Gasteiger partial charge in [-0.1, -0.05) is 0 Å². The average Bonchev–Trinajstić information content (AvgIpc) is 2.38. The van der Waals surface area contributed by atoms with E-state index < -0.39 is 0 Å². The highest BCUT2D eigenvalue weighted by molar-refractivity contribution is 9.10. The van der Waals surface area contributed by atoms with Crippen LogP contribution in [0.2, 0.25) is 0 Å². The average molecular weight is 330 g/mol. The number of halogens is 1. The quantitative estimate of drug-likeness (QED) is 0.780. The van der Waals surface area contributed by atoms with Crippen molar-refractivity contribution < 1.29 is 9.53 Å². The predicted molar refractivity (Wildman–Crippen MR) is 74.7 cm³/mol. The van der Waals surface area contributed by atoms with E-state index in [1.807, 2.05) is 0 Å². The lowest BCUT2D eigenvalue weighted by Gasteiger charge is -2.26. The Morgan fingerprint density at radius 1 is 1.47 bits per heavy atom. The van der Waals surface area contributed by atoms with Crippen molar-refractivity contribution in [3.63, 3.8) is 0 Å². The zero-order valence-electron chi connectivity index (χ0n) is 10.4. The monoisotopic (exact) mass is 329 g/mol. The van der Waals surface area contributed by atoms with Crippen molar-refractivity contribution in [2.24, 2.45) is 0 Å². The van der Waals surface area contributed by atoms with E-state index in [0.717, 1.165) is 0 Å². The molecule has 0 radical (unpaired) electrons. The molecule has 0 spiro atoms. The van der Waals surface area contributed by atoms with Crippen LogP contribution in [0.1, 0.15) is 6.42 Å². The molecular weight excluding hydrogens is 314 g/mol. The van der Waals surface area contributed by atoms with E-state index in [1.54, 1.807) is 11.0 Å². The molecule has 1 fully saturated rings. The largest absolute Gasteiger partial charge is 0.383 e. The summed E-state index contributed by atoms with van der Waals surface area (Å²) < 4.78 is 5.81. The van der Waals surface area contributed by atoms with E-state index >= 15 is 0 Å². The van der Waals surface area contributed by atoms with Gasteiger partial charge in [-0.15, -0.1) is 0 Å². The molecule has 1 aliphatic rings. The van der Waals surface area contributed by atoms with E-state index in [0.29, 0.717) is 55.6 Å². The fraction of sp³-hybridized carbons (Fsp3) is 0.545. The Balaban J connectivity index is 1.77. The first-order valence-electron chi connectivity index (χ1n) is 6.04. The Kier molecular flexibility index (Phi) is 4.92. The molecule has 2 rings (SSSR count). The zero-order chi connectivity index (χ0) is 13.7. The smallest absolute Gasteiger partial charge is 0.225 e. The summed E-state index contributed by atoms with van der Waals surface area (Å²) in [5.41, 5.74) is 5.60. The third-order valence-corrected chi connectivity index (χ3v) is 3.11. The van der Waals surface area contributed by atoms with Crippen molar-refractivity contribution in [3.05, 3.63) is 10.7 Å². The molecule has 0 atom stereocenters. The van der Waals surface area contributed by atoms with Crippen LogP contribution in [0, 0.1) is 0 Å². The number of amides is 1. The second kappa shape index (κ2) is 6.67. The van der Waals surface area contributed by atoms with Crippen LogP contribution < -0.4 is 11.1 Å². The number of anilines is 2. The van der Waals surface area contributed by atoms with E-state index in [-0.39, 0.29) is 5.91 Å². The third kappa shape index (κ3) is 4.32. The molecule has 0 aliphatic carbocycles. The molecule has 1 aromatic heterocycles. The number of nitrogens with zero attached hydrogens (tertiary/aromatic N) is 3. The Hall–Kier alpha value is -1.41. The lowest BCUT2D eigenvalue weighted by molar-refractivity contribution is -0.134. The van der Waals surface area contributed by atoms with Gasteiger partial charge in [0.15, 0.2) is 0 Å². The number of nitrogens with one attached hydrogen (secondary N) is 1. The molecule has 7 nitrogen and oxygen atoms in total. The van der Waals surface area contributed by atoms with Crippen molar-refractivity contribution in [2.45, 2.75) is 6.42 Å². The molecule has 1 aliphatic heterocycles. The van der Waals surface area contributed by atoms with Gasteiger partial charge in [-0.3, -0.25) is 4.79 Å². The summed E-state index contributed by atoms with van der Waals surface area (Å²) in [7, 11) is 0. The van der Waals surface area contributed by atoms with E-state index in [2.05, 4.69) is 31.2 Å². The van der Waals surface area contributed by atoms with Gasteiger partial charge < -0.3 is 20.7 Å². The van der Waals surface area contributed by atoms with E-state index in [4.69, 9.17) is 10.5 Å². The van der Waals surface area contributed by atoms with Gasteiger partial charge in [-0.05, 0) is 15.9 Å². The molecule has 1 amide bonds. The Morgan fingerprint density at radius 3 is 2.89 bits per heavy atom. The number of morpholine rings is 1. The molecule has 8 heteroatoms. The lowest BCUT2D eigenvalue weighted by Crippen LogP contribution is -2.41. The SMILES string of the molecule is Nc1cc(Br)nc(NCCC(=O)N2CCOCC2)n1. The second-order valence-corrected chi connectivity index (χ2v) is 4.92. The number of hydrogen-bond donors (Lipinski definition) is 2. The van der Waals surface area contributed by atoms with Gasteiger partial charge in [0.1, 0.15) is 10.4 Å². The van der Waals surface area contributed by atoms with E-state index in [9.17, 15) is 4.79 Å². The molecule has 0 saturated carbocycles. The van der Waals surface area contributed by atoms with Crippen LogP contribution in [0.3, 0.4) is 0 Å². The Morgan fingerprint density at radius 2 is 2.21 bits per heavy atom. The maximum absolute atomic E-state index is 11.9. The molecule has 0 bridgehead atoms. The minimum atomic E-state index is 0.110. The minimum Gasteiger partial charge on any atom is -0.383 e. The topological polar surface area (TPSA) is 93.4 Å². The van der Waals surface area contributed by atoms with Gasteiger partial charge in [-0.2, -0.15) is 4.98 Å². The van der Waals surface area contributed by atoms with Crippen LogP contribution in [0.25, 0.3) is 0 Å². The minimum absolute atomic E-state index is 0.110. The summed E-state index contributed by atoms with van der Waals surface area (Å²) in [4.78, 5) is 21.8. The molecular formula is C11H16BrN5O2. The normalized spacial score (nSPS) is 15.3. The predicted octanol–water partition coefficient (Wildman–Crippen LogP) is 0.482. The first-order chi connectivity index (χ1) is 9.15. The van der Waals surface area contributed by atoms with E-state index in [1.165, 1.54) is 0 Å². The van der Waals surface area contributed by atoms with Gasteiger partial charge in [0.25, 0.3) is 0 Å². The summed E-state index contributed by atoms with van der Waals surface area (Å²) in [6.07, 6.45) is 0.399. The number of ether oxygens (including phenoxy) is 1. The number of nitrogens with two attached hydrogens (primary N) is 1. The number of nitrogen functional groups attached to an aromatic ring is 1. The van der Waals surface area contributed by atoms with Crippen LogP contribution in [-0.2, 0) is 9.53 Å². The van der Waals surface area contributed by atoms with Gasteiger partial charge in [0.2, 0.25) is 11.9 Å².